The lowest BCUT2D eigenvalue weighted by Gasteiger charge is -2.11. The molecule has 0 aromatic heterocycles. The molecular weight excluding hydrogens is 320 g/mol. The number of ether oxygens (including phenoxy) is 3. The summed E-state index contributed by atoms with van der Waals surface area (Å²) in [7, 11) is 1.57. The first-order valence-electron chi connectivity index (χ1n) is 7.76. The Kier molecular flexibility index (Phi) is 6.34. The third-order valence-corrected chi connectivity index (χ3v) is 3.41. The van der Waals surface area contributed by atoms with Gasteiger partial charge in [-0.1, -0.05) is 18.7 Å². The molecule has 0 saturated carbocycles. The second-order valence-corrected chi connectivity index (χ2v) is 5.32. The molecule has 0 spiro atoms. The predicted molar refractivity (Wildman–Crippen MR) is 94.1 cm³/mol. The number of benzene rings is 2. The first kappa shape index (κ1) is 18.3. The average Bonchev–Trinajstić information content (AvgIpc) is 2.64. The molecule has 0 heterocycles. The summed E-state index contributed by atoms with van der Waals surface area (Å²) in [6, 6.07) is 13.8. The van der Waals surface area contributed by atoms with E-state index in [0.29, 0.717) is 28.2 Å². The van der Waals surface area contributed by atoms with Crippen molar-refractivity contribution in [3.05, 3.63) is 71.8 Å². The monoisotopic (exact) mass is 340 g/mol. The van der Waals surface area contributed by atoms with Crippen LogP contribution in [-0.4, -0.2) is 32.1 Å². The van der Waals surface area contributed by atoms with Crippen LogP contribution in [-0.2, 0) is 9.53 Å². The van der Waals surface area contributed by atoms with Crippen molar-refractivity contribution in [3.63, 3.8) is 0 Å². The van der Waals surface area contributed by atoms with Crippen LogP contribution in [0.5, 0.6) is 11.5 Å². The number of hydrogen-bond donors (Lipinski definition) is 0. The minimum atomic E-state index is -0.466. The van der Waals surface area contributed by atoms with Crippen molar-refractivity contribution >= 4 is 11.8 Å². The fourth-order valence-corrected chi connectivity index (χ4v) is 2.09. The Hall–Kier alpha value is -3.08. The van der Waals surface area contributed by atoms with E-state index in [9.17, 15) is 9.59 Å². The van der Waals surface area contributed by atoms with Gasteiger partial charge in [0, 0.05) is 11.1 Å². The Morgan fingerprint density at radius 1 is 1.00 bits per heavy atom. The lowest BCUT2D eigenvalue weighted by molar-refractivity contribution is -0.139. The molecule has 5 nitrogen and oxygen atoms in total. The Labute approximate surface area is 146 Å². The lowest BCUT2D eigenvalue weighted by Crippen LogP contribution is -2.13. The average molecular weight is 340 g/mol. The van der Waals surface area contributed by atoms with Gasteiger partial charge in [-0.15, -0.1) is 0 Å². The molecule has 0 unspecified atom stereocenters. The largest absolute Gasteiger partial charge is 0.497 e. The van der Waals surface area contributed by atoms with Crippen LogP contribution in [0.15, 0.2) is 60.7 Å². The molecule has 25 heavy (non-hydrogen) atoms. The zero-order chi connectivity index (χ0) is 18.2. The molecule has 0 bridgehead atoms. The predicted octanol–water partition coefficient (Wildman–Crippen LogP) is 3.42. The van der Waals surface area contributed by atoms with Crippen molar-refractivity contribution in [3.8, 4) is 11.5 Å². The summed E-state index contributed by atoms with van der Waals surface area (Å²) < 4.78 is 15.7. The molecule has 0 aliphatic carbocycles. The minimum Gasteiger partial charge on any atom is -0.497 e. The van der Waals surface area contributed by atoms with Crippen molar-refractivity contribution in [2.45, 2.75) is 6.92 Å². The minimum absolute atomic E-state index is 0.0801. The van der Waals surface area contributed by atoms with Gasteiger partial charge >= 0.3 is 5.97 Å². The highest BCUT2D eigenvalue weighted by Crippen LogP contribution is 2.22. The van der Waals surface area contributed by atoms with Crippen LogP contribution in [0.1, 0.15) is 22.8 Å². The van der Waals surface area contributed by atoms with Crippen LogP contribution in [0.4, 0.5) is 0 Å². The van der Waals surface area contributed by atoms with Crippen molar-refractivity contribution in [1.82, 2.24) is 0 Å². The number of para-hydroxylation sites is 1. The van der Waals surface area contributed by atoms with Gasteiger partial charge in [0.2, 0.25) is 0 Å². The van der Waals surface area contributed by atoms with Gasteiger partial charge in [-0.3, -0.25) is 4.79 Å². The van der Waals surface area contributed by atoms with Gasteiger partial charge in [-0.05, 0) is 43.3 Å². The quantitative estimate of drug-likeness (QED) is 0.319. The number of hydrogen-bond acceptors (Lipinski definition) is 5. The van der Waals surface area contributed by atoms with Gasteiger partial charge in [0.05, 0.1) is 12.7 Å². The highest BCUT2D eigenvalue weighted by Gasteiger charge is 2.14. The van der Waals surface area contributed by atoms with Gasteiger partial charge in [-0.25, -0.2) is 4.79 Å². The van der Waals surface area contributed by atoms with E-state index in [0.717, 1.165) is 0 Å². The second-order valence-electron chi connectivity index (χ2n) is 5.32. The summed E-state index contributed by atoms with van der Waals surface area (Å²) in [6.07, 6.45) is 0. The summed E-state index contributed by atoms with van der Waals surface area (Å²) in [5, 5.41) is 0. The van der Waals surface area contributed by atoms with Gasteiger partial charge in [0.15, 0.2) is 5.78 Å². The van der Waals surface area contributed by atoms with Crippen LogP contribution < -0.4 is 9.47 Å². The number of carbonyl (C=O) groups is 2. The van der Waals surface area contributed by atoms with E-state index in [1.165, 1.54) is 0 Å². The third-order valence-electron chi connectivity index (χ3n) is 3.41. The van der Waals surface area contributed by atoms with Crippen LogP contribution in [0.3, 0.4) is 0 Å². The summed E-state index contributed by atoms with van der Waals surface area (Å²) in [5.41, 5.74) is 1.31. The molecule has 0 aliphatic rings. The highest BCUT2D eigenvalue weighted by molar-refractivity contribution is 6.10. The zero-order valence-corrected chi connectivity index (χ0v) is 14.3. The number of esters is 1. The molecule has 2 rings (SSSR count). The first-order valence-corrected chi connectivity index (χ1v) is 7.76. The SMILES string of the molecule is C=C(C)C(=O)OCCOc1ccccc1C(=O)c1ccc(OC)cc1. The molecular formula is C20H20O5. The lowest BCUT2D eigenvalue weighted by atomic mass is 10.0. The van der Waals surface area contributed by atoms with E-state index in [4.69, 9.17) is 14.2 Å². The normalized spacial score (nSPS) is 10.0. The third kappa shape index (κ3) is 4.94. The highest BCUT2D eigenvalue weighted by atomic mass is 16.6. The number of rotatable bonds is 8. The van der Waals surface area contributed by atoms with E-state index in [-0.39, 0.29) is 19.0 Å². The van der Waals surface area contributed by atoms with Crippen molar-refractivity contribution in [1.29, 1.82) is 0 Å². The molecule has 0 N–H and O–H groups in total. The molecule has 0 amide bonds. The smallest absolute Gasteiger partial charge is 0.333 e. The fraction of sp³-hybridized carbons (Fsp3) is 0.200. The topological polar surface area (TPSA) is 61.8 Å². The number of methoxy groups -OCH3 is 1. The molecule has 0 radical (unpaired) electrons. The van der Waals surface area contributed by atoms with E-state index < -0.39 is 5.97 Å². The molecule has 5 heteroatoms. The van der Waals surface area contributed by atoms with Crippen LogP contribution >= 0.6 is 0 Å². The van der Waals surface area contributed by atoms with E-state index >= 15 is 0 Å². The van der Waals surface area contributed by atoms with Crippen LogP contribution in [0.25, 0.3) is 0 Å². The second kappa shape index (κ2) is 8.68. The maximum absolute atomic E-state index is 12.7. The first-order chi connectivity index (χ1) is 12.0. The van der Waals surface area contributed by atoms with Crippen LogP contribution in [0.2, 0.25) is 0 Å². The van der Waals surface area contributed by atoms with Crippen molar-refractivity contribution in [2.24, 2.45) is 0 Å². The van der Waals surface area contributed by atoms with Gasteiger partial charge in [0.25, 0.3) is 0 Å². The molecule has 130 valence electrons. The van der Waals surface area contributed by atoms with E-state index in [1.54, 1.807) is 62.6 Å². The van der Waals surface area contributed by atoms with Gasteiger partial charge < -0.3 is 14.2 Å². The van der Waals surface area contributed by atoms with Gasteiger partial charge in [0.1, 0.15) is 24.7 Å². The molecule has 0 aliphatic heterocycles. The zero-order valence-electron chi connectivity index (χ0n) is 14.3. The van der Waals surface area contributed by atoms with E-state index in [2.05, 4.69) is 6.58 Å². The maximum atomic E-state index is 12.7. The van der Waals surface area contributed by atoms with E-state index in [1.807, 2.05) is 0 Å². The maximum Gasteiger partial charge on any atom is 0.333 e. The summed E-state index contributed by atoms with van der Waals surface area (Å²) >= 11 is 0. The molecule has 0 saturated heterocycles. The fourth-order valence-electron chi connectivity index (χ4n) is 2.09. The van der Waals surface area contributed by atoms with Crippen molar-refractivity contribution in [2.75, 3.05) is 20.3 Å². The molecule has 0 fully saturated rings. The Bertz CT molecular complexity index is 762. The summed E-state index contributed by atoms with van der Waals surface area (Å²) in [6.45, 7) is 5.31. The van der Waals surface area contributed by atoms with Gasteiger partial charge in [-0.2, -0.15) is 0 Å². The molecule has 0 atom stereocenters. The number of ketones is 1. The molecule has 2 aromatic carbocycles. The number of carbonyl (C=O) groups excluding carboxylic acids is 2. The Morgan fingerprint density at radius 3 is 2.32 bits per heavy atom. The van der Waals surface area contributed by atoms with Crippen LogP contribution in [0, 0.1) is 0 Å². The Morgan fingerprint density at radius 2 is 1.68 bits per heavy atom. The summed E-state index contributed by atoms with van der Waals surface area (Å²) in [5.74, 6) is 0.499. The molecule has 2 aromatic rings. The standard InChI is InChI=1S/C20H20O5/c1-14(2)20(22)25-13-12-24-18-7-5-4-6-17(18)19(21)15-8-10-16(23-3)11-9-15/h4-11H,1,12-13H2,2-3H3. The van der Waals surface area contributed by atoms with Crippen molar-refractivity contribution < 1.29 is 23.8 Å². The Balaban J connectivity index is 2.05. The summed E-state index contributed by atoms with van der Waals surface area (Å²) in [4.78, 5) is 24.0.